The number of nitrogens with one attached hydrogen (secondary N) is 2. The van der Waals surface area contributed by atoms with Crippen LogP contribution in [-0.2, 0) is 9.53 Å². The molecule has 1 aromatic heterocycles. The number of alkyl halides is 1. The van der Waals surface area contributed by atoms with Crippen molar-refractivity contribution < 1.29 is 23.5 Å². The molecule has 3 amide bonds. The Hall–Kier alpha value is -4.30. The zero-order chi connectivity index (χ0) is 29.7. The van der Waals surface area contributed by atoms with Crippen LogP contribution in [0, 0.1) is 0 Å². The van der Waals surface area contributed by atoms with Gasteiger partial charge in [-0.05, 0) is 50.5 Å². The Labute approximate surface area is 237 Å². The number of likely N-dealkylation sites (tertiary alicyclic amines) is 1. The second-order valence-electron chi connectivity index (χ2n) is 10.4. The molecule has 2 aliphatic rings. The summed E-state index contributed by atoms with van der Waals surface area (Å²) < 4.78 is 20.3. The van der Waals surface area contributed by atoms with Crippen LogP contribution in [0.15, 0.2) is 41.5 Å². The number of aromatic nitrogens is 1. The van der Waals surface area contributed by atoms with Crippen LogP contribution in [0.1, 0.15) is 49.9 Å². The Morgan fingerprint density at radius 1 is 1.20 bits per heavy atom. The fraction of sp³-hybridized carbons (Fsp3) is 0.444. The number of nitrogens with two attached hydrogens (primary N) is 3. The van der Waals surface area contributed by atoms with Crippen LogP contribution >= 0.6 is 0 Å². The van der Waals surface area contributed by atoms with Crippen molar-refractivity contribution in [3.63, 3.8) is 0 Å². The number of anilines is 4. The number of aliphatic imine (C=N–C) groups is 1. The molecule has 2 atom stereocenters. The Kier molecular flexibility index (Phi) is 9.03. The number of amides is 3. The van der Waals surface area contributed by atoms with E-state index in [1.165, 1.54) is 24.9 Å². The van der Waals surface area contributed by atoms with Crippen molar-refractivity contribution in [1.29, 1.82) is 0 Å². The molecule has 2 saturated heterocycles. The summed E-state index contributed by atoms with van der Waals surface area (Å²) in [6, 6.07) is 8.23. The van der Waals surface area contributed by atoms with Gasteiger partial charge in [-0.15, -0.1) is 0 Å². The Bertz CT molecular complexity index is 1310. The molecule has 41 heavy (non-hydrogen) atoms. The van der Waals surface area contributed by atoms with E-state index in [9.17, 15) is 14.4 Å². The van der Waals surface area contributed by atoms with E-state index in [-0.39, 0.29) is 36.9 Å². The van der Waals surface area contributed by atoms with Gasteiger partial charge in [-0.3, -0.25) is 21.1 Å². The number of carbonyl (C=O) groups excluding carboxylic acids is 3. The highest BCUT2D eigenvalue weighted by Crippen LogP contribution is 2.27. The van der Waals surface area contributed by atoms with Crippen LogP contribution in [0.2, 0.25) is 0 Å². The van der Waals surface area contributed by atoms with Crippen LogP contribution in [0.25, 0.3) is 0 Å². The lowest BCUT2D eigenvalue weighted by molar-refractivity contribution is -0.119. The van der Waals surface area contributed by atoms with Gasteiger partial charge in [0.2, 0.25) is 5.91 Å². The second kappa shape index (κ2) is 12.5. The van der Waals surface area contributed by atoms with Gasteiger partial charge in [-0.1, -0.05) is 0 Å². The van der Waals surface area contributed by atoms with E-state index in [0.29, 0.717) is 30.2 Å². The number of nitrogens with zero attached hydrogens (tertiary/aromatic N) is 4. The molecule has 0 saturated carbocycles. The van der Waals surface area contributed by atoms with Gasteiger partial charge in [-0.25, -0.2) is 19.2 Å². The molecule has 1 aromatic carbocycles. The first-order valence-electron chi connectivity index (χ1n) is 13.4. The molecule has 2 aliphatic heterocycles. The molecule has 4 rings (SSSR count). The maximum Gasteiger partial charge on any atom is 0.416 e. The maximum absolute atomic E-state index is 15.2. The smallest absolute Gasteiger partial charge is 0.396 e. The van der Waals surface area contributed by atoms with E-state index in [2.05, 4.69) is 20.6 Å². The average molecular weight is 570 g/mol. The topological polar surface area (TPSA) is 194 Å². The van der Waals surface area contributed by atoms with E-state index >= 15 is 4.39 Å². The summed E-state index contributed by atoms with van der Waals surface area (Å²) in [6.07, 6.45) is 1.74. The fourth-order valence-electron chi connectivity index (χ4n) is 4.78. The number of pyridine rings is 1. The summed E-state index contributed by atoms with van der Waals surface area (Å²) >= 11 is 0. The van der Waals surface area contributed by atoms with Gasteiger partial charge in [0.15, 0.2) is 11.7 Å². The number of benzene rings is 1. The van der Waals surface area contributed by atoms with Crippen LogP contribution in [0.4, 0.5) is 32.1 Å². The summed E-state index contributed by atoms with van der Waals surface area (Å²) in [7, 11) is 0. The zero-order valence-electron chi connectivity index (χ0n) is 23.1. The second-order valence-corrected chi connectivity index (χ2v) is 10.4. The summed E-state index contributed by atoms with van der Waals surface area (Å²) in [5.74, 6) is -1.65. The number of hydrogen-bond donors (Lipinski definition) is 5. The summed E-state index contributed by atoms with van der Waals surface area (Å²) in [5.41, 5.74) is 18.7. The Morgan fingerprint density at radius 3 is 2.56 bits per heavy atom. The van der Waals surface area contributed by atoms with Crippen LogP contribution < -0.4 is 32.7 Å². The van der Waals surface area contributed by atoms with Crippen LogP contribution in [0.5, 0.6) is 0 Å². The van der Waals surface area contributed by atoms with E-state index in [4.69, 9.17) is 21.9 Å². The van der Waals surface area contributed by atoms with E-state index in [1.807, 2.05) is 24.3 Å². The predicted molar refractivity (Wildman–Crippen MR) is 154 cm³/mol. The van der Waals surface area contributed by atoms with Crippen LogP contribution in [-0.4, -0.2) is 71.3 Å². The van der Waals surface area contributed by atoms with Crippen molar-refractivity contribution in [1.82, 2.24) is 9.88 Å². The van der Waals surface area contributed by atoms with Crippen molar-refractivity contribution >= 4 is 46.7 Å². The van der Waals surface area contributed by atoms with Crippen molar-refractivity contribution in [2.75, 3.05) is 35.2 Å². The van der Waals surface area contributed by atoms with Gasteiger partial charge >= 0.3 is 6.09 Å². The molecular weight excluding hydrogens is 533 g/mol. The van der Waals surface area contributed by atoms with Gasteiger partial charge in [0, 0.05) is 50.1 Å². The molecular formula is C27H36FN9O4. The summed E-state index contributed by atoms with van der Waals surface area (Å²) in [6.45, 7) is 3.53. The quantitative estimate of drug-likeness (QED) is 0.189. The third-order valence-electron chi connectivity index (χ3n) is 6.72. The van der Waals surface area contributed by atoms with Crippen molar-refractivity contribution in [2.45, 2.75) is 57.5 Å². The molecule has 0 aliphatic carbocycles. The monoisotopic (exact) mass is 569 g/mol. The van der Waals surface area contributed by atoms with Crippen LogP contribution in [0.3, 0.4) is 0 Å². The minimum absolute atomic E-state index is 0.0318. The number of carbonyl (C=O) groups is 3. The molecule has 2 aromatic rings. The van der Waals surface area contributed by atoms with Gasteiger partial charge in [0.05, 0.1) is 23.8 Å². The first kappa shape index (κ1) is 29.7. The zero-order valence-corrected chi connectivity index (χ0v) is 23.1. The molecule has 8 N–H and O–H groups in total. The molecule has 220 valence electrons. The largest absolute Gasteiger partial charge is 0.416 e. The van der Waals surface area contributed by atoms with Crippen molar-refractivity contribution in [3.8, 4) is 0 Å². The standard InChI is InChI=1S/C27H36FN9O4/c1-16(35-27(2,30)31)41-26(40)36-12-10-21(20(28)15-36)34-22-13-23(32-14-19(22)25(29)39)33-17-6-8-18(9-7-17)37-11-4-3-5-24(37)38/h6-9,13-14,20-21H,3-5,10-12,15,30-31H2,1-2H3,(H2,29,39)(H2,32,33,34)/b35-16+/t20-,21?/m0/s1. The molecule has 0 bridgehead atoms. The summed E-state index contributed by atoms with van der Waals surface area (Å²) in [5, 5.41) is 6.22. The van der Waals surface area contributed by atoms with E-state index in [1.54, 1.807) is 11.0 Å². The number of halogens is 1. The highest BCUT2D eigenvalue weighted by atomic mass is 19.1. The molecule has 3 heterocycles. The van der Waals surface area contributed by atoms with E-state index < -0.39 is 30.0 Å². The van der Waals surface area contributed by atoms with Gasteiger partial charge in [0.25, 0.3) is 5.91 Å². The van der Waals surface area contributed by atoms with Gasteiger partial charge in [0.1, 0.15) is 12.0 Å². The predicted octanol–water partition coefficient (Wildman–Crippen LogP) is 2.41. The average Bonchev–Trinajstić information content (AvgIpc) is 2.89. The molecule has 0 spiro atoms. The highest BCUT2D eigenvalue weighted by Gasteiger charge is 2.33. The highest BCUT2D eigenvalue weighted by molar-refractivity contribution is 5.99. The number of piperidine rings is 2. The number of ether oxygens (including phenoxy) is 1. The Morgan fingerprint density at radius 2 is 1.93 bits per heavy atom. The minimum atomic E-state index is -1.47. The maximum atomic E-state index is 15.2. The normalized spacial score (nSPS) is 20.0. The van der Waals surface area contributed by atoms with Crippen molar-refractivity contribution in [2.24, 2.45) is 22.2 Å². The van der Waals surface area contributed by atoms with Gasteiger partial charge in [-0.2, -0.15) is 0 Å². The minimum Gasteiger partial charge on any atom is -0.396 e. The lowest BCUT2D eigenvalue weighted by atomic mass is 10.0. The first-order valence-corrected chi connectivity index (χ1v) is 13.4. The van der Waals surface area contributed by atoms with Gasteiger partial charge < -0.3 is 30.9 Å². The SMILES string of the molecule is C/C(=N\C(C)(N)N)OC(=O)N1CCC(Nc2cc(Nc3ccc(N4CCCCC4=O)cc3)ncc2C(N)=O)[C@@H](F)C1. The lowest BCUT2D eigenvalue weighted by Crippen LogP contribution is -2.50. The third-order valence-corrected chi connectivity index (χ3v) is 6.72. The molecule has 13 nitrogen and oxygen atoms in total. The number of primary amides is 1. The Balaban J connectivity index is 1.41. The molecule has 2 fully saturated rings. The summed E-state index contributed by atoms with van der Waals surface area (Å²) in [4.78, 5) is 47.9. The molecule has 14 heteroatoms. The fourth-order valence-corrected chi connectivity index (χ4v) is 4.78. The first-order chi connectivity index (χ1) is 19.4. The number of hydrogen-bond acceptors (Lipinski definition) is 10. The molecule has 0 radical (unpaired) electrons. The lowest BCUT2D eigenvalue weighted by Gasteiger charge is -2.35. The van der Waals surface area contributed by atoms with E-state index in [0.717, 1.165) is 18.5 Å². The number of rotatable bonds is 7. The molecule has 1 unspecified atom stereocenters. The van der Waals surface area contributed by atoms with Crippen molar-refractivity contribution in [3.05, 3.63) is 42.1 Å². The third kappa shape index (κ3) is 7.89.